The molecule has 0 aliphatic heterocycles. The van der Waals surface area contributed by atoms with E-state index in [4.69, 9.17) is 19.7 Å². The Kier molecular flexibility index (Phi) is 15.7. The van der Waals surface area contributed by atoms with Crippen LogP contribution >= 0.6 is 7.52 Å². The van der Waals surface area contributed by atoms with Gasteiger partial charge in [0.05, 0.1) is 25.1 Å². The van der Waals surface area contributed by atoms with Crippen molar-refractivity contribution >= 4 is 30.5 Å². The SMILES string of the molecule is C/C=C\C(=C/C)OP(=O)(CO[C@H](C)Cn1cnc2c(N)ncnc21)N[C@H](C)C(=O)OC(C)C.C=C.C=C. The molecule has 0 radical (unpaired) electrons. The van der Waals surface area contributed by atoms with E-state index < -0.39 is 19.5 Å². The zero-order valence-corrected chi connectivity index (χ0v) is 23.6. The van der Waals surface area contributed by atoms with E-state index in [2.05, 4.69) is 46.4 Å². The summed E-state index contributed by atoms with van der Waals surface area (Å²) in [5, 5.41) is 2.78. The van der Waals surface area contributed by atoms with E-state index in [9.17, 15) is 9.36 Å². The highest BCUT2D eigenvalue weighted by molar-refractivity contribution is 7.56. The van der Waals surface area contributed by atoms with Gasteiger partial charge in [0, 0.05) is 0 Å². The number of imidazole rings is 1. The number of aromatic nitrogens is 4. The molecule has 1 unspecified atom stereocenters. The standard InChI is InChI=1S/C21H33N6O5P.2C2H4/c1-7-9-17(8-2)32-33(29,26-16(6)21(28)31-14(3)4)13-30-15(5)10-27-12-25-18-19(22)23-11-24-20(18)27;2*1-2/h7-9,11-12,14-16H,10,13H2,1-6H3,(H,26,29)(H2,22,23,24);2*1-2H2/b9-7-,17-8+;;/t15-,16-,33?;;/m1../s1. The number of nitrogens with two attached hydrogens (primary N) is 1. The fraction of sp³-hybridized carbons (Fsp3) is 0.440. The minimum absolute atomic E-state index is 0.272. The average molecular weight is 537 g/mol. The van der Waals surface area contributed by atoms with E-state index in [0.717, 1.165) is 0 Å². The summed E-state index contributed by atoms with van der Waals surface area (Å²) in [7, 11) is -3.64. The number of carbonyl (C=O) groups is 1. The Bertz CT molecular complexity index is 1080. The smallest absolute Gasteiger partial charge is 0.342 e. The number of ether oxygens (including phenoxy) is 2. The summed E-state index contributed by atoms with van der Waals surface area (Å²) in [6.07, 6.45) is 7.13. The maximum Gasteiger partial charge on any atom is 0.342 e. The van der Waals surface area contributed by atoms with E-state index in [0.29, 0.717) is 29.3 Å². The van der Waals surface area contributed by atoms with Gasteiger partial charge in [-0.25, -0.2) is 20.0 Å². The number of hydrogen-bond donors (Lipinski definition) is 2. The minimum atomic E-state index is -3.64. The molecule has 0 bridgehead atoms. The summed E-state index contributed by atoms with van der Waals surface area (Å²) in [6.45, 7) is 22.8. The first-order valence-corrected chi connectivity index (χ1v) is 13.5. The lowest BCUT2D eigenvalue weighted by atomic mass is 10.4. The van der Waals surface area contributed by atoms with Crippen LogP contribution in [0.15, 0.2) is 63.0 Å². The van der Waals surface area contributed by atoms with Crippen LogP contribution in [-0.4, -0.2) is 50.1 Å². The number of nitrogen functional groups attached to an aromatic ring is 1. The average Bonchev–Trinajstić information content (AvgIpc) is 3.28. The molecule has 0 aliphatic carbocycles. The minimum Gasteiger partial charge on any atom is -0.462 e. The predicted molar refractivity (Wildman–Crippen MR) is 149 cm³/mol. The van der Waals surface area contributed by atoms with Crippen LogP contribution in [0, 0.1) is 0 Å². The second kappa shape index (κ2) is 17.2. The molecule has 3 N–H and O–H groups in total. The molecule has 0 fully saturated rings. The van der Waals surface area contributed by atoms with Crippen LogP contribution in [0.3, 0.4) is 0 Å². The van der Waals surface area contributed by atoms with Gasteiger partial charge in [-0.1, -0.05) is 6.08 Å². The molecule has 2 aromatic rings. The van der Waals surface area contributed by atoms with Crippen molar-refractivity contribution in [2.75, 3.05) is 12.1 Å². The number of fused-ring (bicyclic) bond motifs is 1. The number of rotatable bonds is 12. The molecule has 0 aliphatic rings. The van der Waals surface area contributed by atoms with Crippen LogP contribution in [0.25, 0.3) is 11.2 Å². The predicted octanol–water partition coefficient (Wildman–Crippen LogP) is 4.99. The third-order valence-electron chi connectivity index (χ3n) is 4.38. The summed E-state index contributed by atoms with van der Waals surface area (Å²) in [5.74, 6) is 0.151. The molecule has 3 atom stereocenters. The van der Waals surface area contributed by atoms with Crippen molar-refractivity contribution in [2.24, 2.45) is 0 Å². The number of carbonyl (C=O) groups excluding carboxylic acids is 1. The Hall–Kier alpha value is -3.27. The third-order valence-corrected chi connectivity index (χ3v) is 6.15. The van der Waals surface area contributed by atoms with Gasteiger partial charge >= 0.3 is 13.5 Å². The Labute approximate surface area is 220 Å². The second-order valence-electron chi connectivity index (χ2n) is 7.73. The molecule has 0 saturated carbocycles. The monoisotopic (exact) mass is 536 g/mol. The lowest BCUT2D eigenvalue weighted by Gasteiger charge is -2.25. The van der Waals surface area contributed by atoms with Crippen molar-refractivity contribution in [3.8, 4) is 0 Å². The number of anilines is 1. The van der Waals surface area contributed by atoms with Gasteiger partial charge in [-0.3, -0.25) is 9.36 Å². The highest BCUT2D eigenvalue weighted by atomic mass is 31.2. The number of allylic oxidation sites excluding steroid dienone is 3. The number of esters is 1. The van der Waals surface area contributed by atoms with Crippen LogP contribution in [0.5, 0.6) is 0 Å². The fourth-order valence-electron chi connectivity index (χ4n) is 2.87. The molecule has 11 nitrogen and oxygen atoms in total. The van der Waals surface area contributed by atoms with Gasteiger partial charge in [-0.2, -0.15) is 0 Å². The van der Waals surface area contributed by atoms with E-state index in [-0.39, 0.29) is 18.6 Å². The number of nitrogens with one attached hydrogen (secondary N) is 1. The lowest BCUT2D eigenvalue weighted by molar-refractivity contribution is -0.149. The van der Waals surface area contributed by atoms with Gasteiger partial charge < -0.3 is 24.3 Å². The van der Waals surface area contributed by atoms with Crippen molar-refractivity contribution in [3.05, 3.63) is 63.0 Å². The van der Waals surface area contributed by atoms with Crippen LogP contribution in [-0.2, 0) is 29.9 Å². The molecule has 0 saturated heterocycles. The topological polar surface area (TPSA) is 143 Å². The van der Waals surface area contributed by atoms with Crippen molar-refractivity contribution in [2.45, 2.75) is 66.3 Å². The lowest BCUT2D eigenvalue weighted by Crippen LogP contribution is -2.36. The summed E-state index contributed by atoms with van der Waals surface area (Å²) < 4.78 is 32.2. The van der Waals surface area contributed by atoms with Crippen molar-refractivity contribution in [3.63, 3.8) is 0 Å². The van der Waals surface area contributed by atoms with Gasteiger partial charge in [0.25, 0.3) is 0 Å². The second-order valence-corrected chi connectivity index (χ2v) is 9.77. The van der Waals surface area contributed by atoms with Gasteiger partial charge in [0.15, 0.2) is 11.5 Å². The first kappa shape index (κ1) is 33.7. The number of nitrogens with zero attached hydrogens (tertiary/aromatic N) is 4. The Balaban J connectivity index is 0.00000308. The highest BCUT2D eigenvalue weighted by Crippen LogP contribution is 2.46. The van der Waals surface area contributed by atoms with Gasteiger partial charge in [-0.15, -0.1) is 26.3 Å². The van der Waals surface area contributed by atoms with Gasteiger partial charge in [-0.05, 0) is 53.7 Å². The normalized spacial score (nSPS) is 14.6. The Morgan fingerprint density at radius 2 is 1.81 bits per heavy atom. The molecule has 37 heavy (non-hydrogen) atoms. The van der Waals surface area contributed by atoms with Crippen molar-refractivity contribution in [1.82, 2.24) is 24.6 Å². The maximum absolute atomic E-state index is 13.6. The van der Waals surface area contributed by atoms with E-state index in [1.165, 1.54) is 6.33 Å². The largest absolute Gasteiger partial charge is 0.462 e. The summed E-state index contributed by atoms with van der Waals surface area (Å²) in [6, 6.07) is -0.863. The molecule has 206 valence electrons. The third kappa shape index (κ3) is 11.1. The van der Waals surface area contributed by atoms with Crippen molar-refractivity contribution < 1.29 is 23.4 Å². The van der Waals surface area contributed by atoms with E-state index in [1.807, 2.05) is 13.8 Å². The van der Waals surface area contributed by atoms with Crippen LogP contribution in [0.1, 0.15) is 41.5 Å². The zero-order valence-electron chi connectivity index (χ0n) is 22.7. The first-order valence-electron chi connectivity index (χ1n) is 11.7. The quantitative estimate of drug-likeness (QED) is 0.125. The summed E-state index contributed by atoms with van der Waals surface area (Å²) in [4.78, 5) is 24.6. The zero-order chi connectivity index (χ0) is 28.6. The number of hydrogen-bond acceptors (Lipinski definition) is 9. The van der Waals surface area contributed by atoms with E-state index in [1.54, 1.807) is 56.8 Å². The molecule has 12 heteroatoms. The molecule has 0 spiro atoms. The fourth-order valence-corrected chi connectivity index (χ4v) is 4.71. The van der Waals surface area contributed by atoms with E-state index >= 15 is 0 Å². The van der Waals surface area contributed by atoms with Crippen molar-refractivity contribution in [1.29, 1.82) is 0 Å². The molecule has 0 aromatic carbocycles. The molecule has 2 rings (SSSR count). The summed E-state index contributed by atoms with van der Waals surface area (Å²) in [5.41, 5.74) is 6.91. The highest BCUT2D eigenvalue weighted by Gasteiger charge is 2.32. The van der Waals surface area contributed by atoms with Gasteiger partial charge in [0.1, 0.15) is 30.0 Å². The van der Waals surface area contributed by atoms with Crippen LogP contribution < -0.4 is 10.8 Å². The summed E-state index contributed by atoms with van der Waals surface area (Å²) >= 11 is 0. The first-order chi connectivity index (χ1) is 17.6. The van der Waals surface area contributed by atoms with Gasteiger partial charge in [0.2, 0.25) is 0 Å². The molecule has 2 heterocycles. The van der Waals surface area contributed by atoms with Crippen LogP contribution in [0.4, 0.5) is 5.82 Å². The molecule has 0 amide bonds. The molecular formula is C25H41N6O5P. The Morgan fingerprint density at radius 1 is 1.16 bits per heavy atom. The molecular weight excluding hydrogens is 495 g/mol. The molecule has 2 aromatic heterocycles. The maximum atomic E-state index is 13.6. The Morgan fingerprint density at radius 3 is 2.38 bits per heavy atom. The van der Waals surface area contributed by atoms with Crippen LogP contribution in [0.2, 0.25) is 0 Å².